The van der Waals surface area contributed by atoms with E-state index >= 15 is 0 Å². The second-order valence-corrected chi connectivity index (χ2v) is 7.36. The first-order chi connectivity index (χ1) is 8.95. The average Bonchev–Trinajstić information content (AvgIpc) is 2.75. The Morgan fingerprint density at radius 2 is 2.00 bits per heavy atom. The van der Waals surface area contributed by atoms with E-state index in [0.29, 0.717) is 0 Å². The van der Waals surface area contributed by atoms with Crippen molar-refractivity contribution in [2.24, 2.45) is 0 Å². The minimum absolute atomic E-state index is 0.152. The van der Waals surface area contributed by atoms with Crippen LogP contribution in [0.5, 0.6) is 0 Å². The van der Waals surface area contributed by atoms with Gasteiger partial charge in [-0.25, -0.2) is 4.98 Å². The molecule has 0 amide bonds. The molecular weight excluding hydrogens is 276 g/mol. The largest absolute Gasteiger partial charge is 0.370 e. The van der Waals surface area contributed by atoms with E-state index in [1.807, 2.05) is 18.3 Å². The topological polar surface area (TPSA) is 24.9 Å². The number of nitrogens with zero attached hydrogens (tertiary/aromatic N) is 1. The third-order valence-electron chi connectivity index (χ3n) is 2.94. The monoisotopic (exact) mass is 294 g/mol. The lowest BCUT2D eigenvalue weighted by molar-refractivity contribution is 0.587. The normalized spacial score (nSPS) is 11.6. The molecule has 2 rings (SSSR count). The van der Waals surface area contributed by atoms with Crippen molar-refractivity contribution in [3.05, 3.63) is 45.2 Å². The fourth-order valence-corrected chi connectivity index (χ4v) is 2.83. The molecule has 1 N–H and O–H groups in total. The molecule has 0 bridgehead atoms. The Kier molecular flexibility index (Phi) is 4.48. The smallest absolute Gasteiger partial charge is 0.125 e. The van der Waals surface area contributed by atoms with Crippen molar-refractivity contribution >= 4 is 28.8 Å². The molecule has 0 aliphatic heterocycles. The van der Waals surface area contributed by atoms with Gasteiger partial charge in [0.25, 0.3) is 0 Å². The summed E-state index contributed by atoms with van der Waals surface area (Å²) in [7, 11) is 0. The number of halogens is 1. The van der Waals surface area contributed by atoms with Crippen LogP contribution in [0.25, 0.3) is 0 Å². The fraction of sp³-hybridized carbons (Fsp3) is 0.400. The number of aromatic nitrogens is 1. The van der Waals surface area contributed by atoms with Crippen LogP contribution in [0.4, 0.5) is 5.82 Å². The lowest BCUT2D eigenvalue weighted by Gasteiger charge is -2.18. The first-order valence-corrected chi connectivity index (χ1v) is 7.59. The highest BCUT2D eigenvalue weighted by atomic mass is 35.5. The molecule has 0 aliphatic carbocycles. The van der Waals surface area contributed by atoms with Crippen molar-refractivity contribution in [2.75, 3.05) is 11.9 Å². The Morgan fingerprint density at radius 1 is 1.21 bits per heavy atom. The summed E-state index contributed by atoms with van der Waals surface area (Å²) in [4.78, 5) is 5.74. The zero-order valence-electron chi connectivity index (χ0n) is 11.5. The Labute approximate surface area is 123 Å². The molecule has 4 heteroatoms. The molecule has 0 spiro atoms. The van der Waals surface area contributed by atoms with Crippen LogP contribution in [0.2, 0.25) is 4.34 Å². The van der Waals surface area contributed by atoms with Crippen molar-refractivity contribution in [1.29, 1.82) is 0 Å². The minimum atomic E-state index is 0.152. The van der Waals surface area contributed by atoms with Crippen LogP contribution < -0.4 is 5.32 Å². The number of pyridine rings is 1. The Balaban J connectivity index is 1.86. The van der Waals surface area contributed by atoms with Crippen LogP contribution in [0.15, 0.2) is 30.5 Å². The molecule has 2 aromatic rings. The molecule has 0 aromatic carbocycles. The van der Waals surface area contributed by atoms with Gasteiger partial charge in [0.2, 0.25) is 0 Å². The second kappa shape index (κ2) is 5.93. The molecule has 2 heterocycles. The molecule has 0 saturated carbocycles. The van der Waals surface area contributed by atoms with Gasteiger partial charge in [-0.05, 0) is 35.6 Å². The zero-order chi connectivity index (χ0) is 13.9. The molecule has 0 aliphatic rings. The summed E-state index contributed by atoms with van der Waals surface area (Å²) in [6.07, 6.45) is 2.92. The molecule has 19 heavy (non-hydrogen) atoms. The van der Waals surface area contributed by atoms with Gasteiger partial charge in [-0.15, -0.1) is 11.3 Å². The van der Waals surface area contributed by atoms with E-state index in [2.05, 4.69) is 43.2 Å². The second-order valence-electron chi connectivity index (χ2n) is 5.56. The highest BCUT2D eigenvalue weighted by Crippen LogP contribution is 2.23. The van der Waals surface area contributed by atoms with E-state index in [4.69, 9.17) is 11.6 Å². The van der Waals surface area contributed by atoms with Crippen LogP contribution in [0.3, 0.4) is 0 Å². The van der Waals surface area contributed by atoms with Crippen molar-refractivity contribution in [3.63, 3.8) is 0 Å². The van der Waals surface area contributed by atoms with Crippen molar-refractivity contribution in [2.45, 2.75) is 32.6 Å². The number of rotatable bonds is 4. The van der Waals surface area contributed by atoms with Gasteiger partial charge in [-0.1, -0.05) is 38.4 Å². The lowest BCUT2D eigenvalue weighted by Crippen LogP contribution is -2.12. The molecule has 0 unspecified atom stereocenters. The van der Waals surface area contributed by atoms with E-state index in [0.717, 1.165) is 23.1 Å². The summed E-state index contributed by atoms with van der Waals surface area (Å²) in [5, 5.41) is 3.33. The standard InChI is InChI=1S/C15H19ClN2S/c1-15(2,3)11-4-7-14(18-10-11)17-9-8-12-5-6-13(16)19-12/h4-7,10H,8-9H2,1-3H3,(H,17,18). The van der Waals surface area contributed by atoms with E-state index in [1.165, 1.54) is 10.4 Å². The molecule has 0 atom stereocenters. The summed E-state index contributed by atoms with van der Waals surface area (Å²) >= 11 is 7.54. The van der Waals surface area contributed by atoms with Gasteiger partial charge in [0.05, 0.1) is 4.34 Å². The molecule has 102 valence electrons. The Bertz CT molecular complexity index is 526. The van der Waals surface area contributed by atoms with Gasteiger partial charge < -0.3 is 5.32 Å². The molecule has 2 nitrogen and oxygen atoms in total. The number of thiophene rings is 1. The highest BCUT2D eigenvalue weighted by molar-refractivity contribution is 7.16. The van der Waals surface area contributed by atoms with E-state index < -0.39 is 0 Å². The van der Waals surface area contributed by atoms with Crippen LogP contribution >= 0.6 is 22.9 Å². The quantitative estimate of drug-likeness (QED) is 0.880. The van der Waals surface area contributed by atoms with Crippen molar-refractivity contribution in [3.8, 4) is 0 Å². The summed E-state index contributed by atoms with van der Waals surface area (Å²) in [5.74, 6) is 0.927. The highest BCUT2D eigenvalue weighted by Gasteiger charge is 2.13. The molecule has 0 fully saturated rings. The number of hydrogen-bond acceptors (Lipinski definition) is 3. The van der Waals surface area contributed by atoms with Crippen LogP contribution in [-0.2, 0) is 11.8 Å². The van der Waals surface area contributed by atoms with E-state index in [9.17, 15) is 0 Å². The SMILES string of the molecule is CC(C)(C)c1ccc(NCCc2ccc(Cl)s2)nc1. The number of anilines is 1. The third-order valence-corrected chi connectivity index (χ3v) is 4.23. The Morgan fingerprint density at radius 3 is 2.53 bits per heavy atom. The van der Waals surface area contributed by atoms with Gasteiger partial charge in [0, 0.05) is 17.6 Å². The van der Waals surface area contributed by atoms with Crippen LogP contribution in [0.1, 0.15) is 31.2 Å². The first-order valence-electron chi connectivity index (χ1n) is 6.40. The molecule has 0 radical (unpaired) electrons. The summed E-state index contributed by atoms with van der Waals surface area (Å²) < 4.78 is 0.850. The maximum absolute atomic E-state index is 5.90. The van der Waals surface area contributed by atoms with Gasteiger partial charge in [-0.2, -0.15) is 0 Å². The maximum Gasteiger partial charge on any atom is 0.125 e. The fourth-order valence-electron chi connectivity index (χ4n) is 1.74. The van der Waals surface area contributed by atoms with Gasteiger partial charge in [0.1, 0.15) is 5.82 Å². The maximum atomic E-state index is 5.90. The molecular formula is C15H19ClN2S. The molecule has 2 aromatic heterocycles. The van der Waals surface area contributed by atoms with Gasteiger partial charge in [0.15, 0.2) is 0 Å². The number of hydrogen-bond donors (Lipinski definition) is 1. The van der Waals surface area contributed by atoms with Crippen LogP contribution in [0, 0.1) is 0 Å². The minimum Gasteiger partial charge on any atom is -0.370 e. The van der Waals surface area contributed by atoms with E-state index in [-0.39, 0.29) is 5.41 Å². The van der Waals surface area contributed by atoms with Crippen LogP contribution in [-0.4, -0.2) is 11.5 Å². The zero-order valence-corrected chi connectivity index (χ0v) is 13.1. The van der Waals surface area contributed by atoms with Gasteiger partial charge >= 0.3 is 0 Å². The van der Waals surface area contributed by atoms with E-state index in [1.54, 1.807) is 11.3 Å². The van der Waals surface area contributed by atoms with Crippen molar-refractivity contribution < 1.29 is 0 Å². The first kappa shape index (κ1) is 14.4. The third kappa shape index (κ3) is 4.22. The lowest BCUT2D eigenvalue weighted by atomic mass is 9.88. The predicted octanol–water partition coefficient (Wildman–Crippen LogP) is 4.75. The number of nitrogens with one attached hydrogen (secondary N) is 1. The van der Waals surface area contributed by atoms with Crippen molar-refractivity contribution in [1.82, 2.24) is 4.98 Å². The Hall–Kier alpha value is -1.06. The van der Waals surface area contributed by atoms with Gasteiger partial charge in [-0.3, -0.25) is 0 Å². The average molecular weight is 295 g/mol. The summed E-state index contributed by atoms with van der Waals surface area (Å²) in [6.45, 7) is 7.45. The summed E-state index contributed by atoms with van der Waals surface area (Å²) in [5.41, 5.74) is 1.40. The molecule has 0 saturated heterocycles. The summed E-state index contributed by atoms with van der Waals surface area (Å²) in [6, 6.07) is 8.20. The predicted molar refractivity (Wildman–Crippen MR) is 84.5 cm³/mol.